The molecule has 0 amide bonds. The average Bonchev–Trinajstić information content (AvgIpc) is 3.38. The zero-order valence-electron chi connectivity index (χ0n) is 17.6. The molecular weight excluding hydrogens is 396 g/mol. The summed E-state index contributed by atoms with van der Waals surface area (Å²) in [7, 11) is 3.32. The molecule has 1 fully saturated rings. The number of hydrogen-bond acceptors (Lipinski definition) is 4. The molecule has 2 atom stereocenters. The lowest BCUT2D eigenvalue weighted by Gasteiger charge is -2.30. The van der Waals surface area contributed by atoms with Crippen LogP contribution < -0.4 is 19.7 Å². The summed E-state index contributed by atoms with van der Waals surface area (Å²) < 4.78 is 13.4. The van der Waals surface area contributed by atoms with Crippen molar-refractivity contribution in [2.75, 3.05) is 19.1 Å². The van der Waals surface area contributed by atoms with Gasteiger partial charge in [0.05, 0.1) is 31.6 Å². The lowest BCUT2D eigenvalue weighted by Crippen LogP contribution is -2.31. The number of nitrogens with one attached hydrogen (secondary N) is 1. The second kappa shape index (κ2) is 8.36. The van der Waals surface area contributed by atoms with Crippen molar-refractivity contribution in [2.24, 2.45) is 0 Å². The van der Waals surface area contributed by atoms with Gasteiger partial charge in [0.25, 0.3) is 0 Å². The Bertz CT molecular complexity index is 1030. The monoisotopic (exact) mass is 422 g/mol. The van der Waals surface area contributed by atoms with Gasteiger partial charge < -0.3 is 24.3 Å². The molecule has 1 aromatic carbocycles. The van der Waals surface area contributed by atoms with Crippen LogP contribution in [0.1, 0.15) is 43.4 Å². The minimum absolute atomic E-state index is 0.106. The molecular formula is C23H26N4O2S. The van der Waals surface area contributed by atoms with Gasteiger partial charge in [-0.15, -0.1) is 0 Å². The molecule has 7 heteroatoms. The summed E-state index contributed by atoms with van der Waals surface area (Å²) in [6.45, 7) is 4.35. The molecule has 1 saturated heterocycles. The average molecular weight is 423 g/mol. The van der Waals surface area contributed by atoms with Crippen molar-refractivity contribution in [3.8, 4) is 11.5 Å². The zero-order valence-corrected chi connectivity index (χ0v) is 18.4. The van der Waals surface area contributed by atoms with Crippen LogP contribution in [0.3, 0.4) is 0 Å². The second-order valence-electron chi connectivity index (χ2n) is 7.47. The van der Waals surface area contributed by atoms with E-state index in [1.165, 1.54) is 0 Å². The molecule has 0 aliphatic carbocycles. The van der Waals surface area contributed by atoms with Crippen molar-refractivity contribution in [3.63, 3.8) is 0 Å². The largest absolute Gasteiger partial charge is 0.497 e. The molecule has 30 heavy (non-hydrogen) atoms. The highest BCUT2D eigenvalue weighted by Crippen LogP contribution is 2.45. The van der Waals surface area contributed by atoms with Crippen LogP contribution in [-0.2, 0) is 0 Å². The van der Waals surface area contributed by atoms with Crippen LogP contribution in [0.4, 0.5) is 5.69 Å². The number of anilines is 1. The molecule has 0 saturated carbocycles. The number of methoxy groups -OCH3 is 2. The Morgan fingerprint density at radius 1 is 1.07 bits per heavy atom. The molecule has 4 rings (SSSR count). The number of hydrogen-bond donors (Lipinski definition) is 1. The molecule has 0 unspecified atom stereocenters. The first-order valence-corrected chi connectivity index (χ1v) is 10.4. The summed E-state index contributed by atoms with van der Waals surface area (Å²) in [6, 6.07) is 16.0. The minimum Gasteiger partial charge on any atom is -0.497 e. The lowest BCUT2D eigenvalue weighted by molar-refractivity contribution is 0.402. The second-order valence-corrected chi connectivity index (χ2v) is 7.86. The molecule has 3 heterocycles. The van der Waals surface area contributed by atoms with Crippen LogP contribution in [0, 0.1) is 0 Å². The topological polar surface area (TPSA) is 51.6 Å². The normalized spacial score (nSPS) is 18.6. The zero-order chi connectivity index (χ0) is 21.3. The number of thiocarbonyl (C=S) groups is 1. The van der Waals surface area contributed by atoms with Gasteiger partial charge in [0.1, 0.15) is 17.5 Å². The van der Waals surface area contributed by atoms with E-state index in [0.29, 0.717) is 11.2 Å². The van der Waals surface area contributed by atoms with E-state index in [2.05, 4.69) is 51.9 Å². The Labute approximate surface area is 182 Å². The summed E-state index contributed by atoms with van der Waals surface area (Å²) in [5.74, 6) is 1.47. The highest BCUT2D eigenvalue weighted by Gasteiger charge is 2.43. The van der Waals surface area contributed by atoms with Gasteiger partial charge >= 0.3 is 0 Å². The van der Waals surface area contributed by atoms with Crippen molar-refractivity contribution in [1.29, 1.82) is 0 Å². The van der Waals surface area contributed by atoms with Crippen molar-refractivity contribution >= 4 is 23.0 Å². The van der Waals surface area contributed by atoms with Crippen molar-refractivity contribution in [1.82, 2.24) is 14.9 Å². The minimum atomic E-state index is -0.109. The third-order valence-electron chi connectivity index (χ3n) is 5.41. The smallest absolute Gasteiger partial charge is 0.174 e. The molecule has 6 nitrogen and oxygen atoms in total. The van der Waals surface area contributed by atoms with Crippen LogP contribution in [0.15, 0.2) is 60.9 Å². The van der Waals surface area contributed by atoms with Crippen LogP contribution in [0.5, 0.6) is 11.5 Å². The molecule has 0 radical (unpaired) electrons. The summed E-state index contributed by atoms with van der Waals surface area (Å²) in [6.07, 6.45) is 3.92. The maximum atomic E-state index is 5.83. The highest BCUT2D eigenvalue weighted by atomic mass is 32.1. The van der Waals surface area contributed by atoms with Crippen molar-refractivity contribution in [2.45, 2.75) is 32.0 Å². The van der Waals surface area contributed by atoms with Gasteiger partial charge in [0, 0.05) is 30.2 Å². The van der Waals surface area contributed by atoms with E-state index in [9.17, 15) is 0 Å². The fraction of sp³-hybridized carbons (Fsp3) is 0.304. The van der Waals surface area contributed by atoms with Crippen LogP contribution in [-0.4, -0.2) is 28.9 Å². The Morgan fingerprint density at radius 2 is 1.90 bits per heavy atom. The van der Waals surface area contributed by atoms with E-state index in [-0.39, 0.29) is 12.1 Å². The SMILES string of the molecule is COc1ccc(OC)c(N2C(=S)N[C@@H](c3ccccn3)[C@H]2c2cccn2C(C)C)c1. The summed E-state index contributed by atoms with van der Waals surface area (Å²) in [5, 5.41) is 4.12. The van der Waals surface area contributed by atoms with Gasteiger partial charge in [-0.3, -0.25) is 4.98 Å². The number of pyridine rings is 1. The van der Waals surface area contributed by atoms with E-state index < -0.39 is 0 Å². The first kappa shape index (κ1) is 20.2. The van der Waals surface area contributed by atoms with Crippen LogP contribution in [0.25, 0.3) is 0 Å². The molecule has 1 aliphatic heterocycles. The molecule has 0 bridgehead atoms. The van der Waals surface area contributed by atoms with Gasteiger partial charge in [-0.25, -0.2) is 0 Å². The van der Waals surface area contributed by atoms with Crippen LogP contribution >= 0.6 is 12.2 Å². The number of benzene rings is 1. The van der Waals surface area contributed by atoms with Crippen molar-refractivity contribution < 1.29 is 9.47 Å². The van der Waals surface area contributed by atoms with Gasteiger partial charge in [0.2, 0.25) is 0 Å². The quantitative estimate of drug-likeness (QED) is 0.583. The van der Waals surface area contributed by atoms with Gasteiger partial charge in [-0.05, 0) is 62.5 Å². The van der Waals surface area contributed by atoms with E-state index in [4.69, 9.17) is 21.7 Å². The molecule has 1 N–H and O–H groups in total. The molecule has 0 spiro atoms. The third kappa shape index (κ3) is 3.50. The molecule has 3 aromatic rings. The summed E-state index contributed by atoms with van der Waals surface area (Å²) in [4.78, 5) is 6.74. The summed E-state index contributed by atoms with van der Waals surface area (Å²) in [5.41, 5.74) is 2.94. The Kier molecular flexibility index (Phi) is 5.63. The number of nitrogens with zero attached hydrogens (tertiary/aromatic N) is 3. The van der Waals surface area contributed by atoms with Crippen molar-refractivity contribution in [3.05, 3.63) is 72.3 Å². The van der Waals surface area contributed by atoms with E-state index in [1.807, 2.05) is 42.6 Å². The fourth-order valence-corrected chi connectivity index (χ4v) is 4.37. The van der Waals surface area contributed by atoms with Gasteiger partial charge in [-0.1, -0.05) is 6.07 Å². The third-order valence-corrected chi connectivity index (χ3v) is 5.73. The lowest BCUT2D eigenvalue weighted by atomic mass is 10.0. The van der Waals surface area contributed by atoms with Gasteiger partial charge in [-0.2, -0.15) is 0 Å². The number of ether oxygens (including phenoxy) is 2. The Morgan fingerprint density at radius 3 is 2.57 bits per heavy atom. The van der Waals surface area contributed by atoms with Crippen LogP contribution in [0.2, 0.25) is 0 Å². The maximum absolute atomic E-state index is 5.83. The number of aromatic nitrogens is 2. The Hall–Kier alpha value is -3.06. The predicted octanol–water partition coefficient (Wildman–Crippen LogP) is 4.66. The number of rotatable bonds is 6. The van der Waals surface area contributed by atoms with Gasteiger partial charge in [0.15, 0.2) is 5.11 Å². The van der Waals surface area contributed by atoms with E-state index in [1.54, 1.807) is 14.2 Å². The fourth-order valence-electron chi connectivity index (χ4n) is 4.03. The molecule has 2 aromatic heterocycles. The molecule has 1 aliphatic rings. The maximum Gasteiger partial charge on any atom is 0.174 e. The molecule has 156 valence electrons. The first-order chi connectivity index (χ1) is 14.5. The Balaban J connectivity index is 1.91. The van der Waals surface area contributed by atoms with E-state index >= 15 is 0 Å². The first-order valence-electron chi connectivity index (χ1n) is 9.94. The standard InChI is InChI=1S/C23H26N4O2S/c1-15(2)26-13-7-9-18(26)22-21(17-8-5-6-12-24-17)25-23(30)27(22)19-14-16(28-3)10-11-20(19)29-4/h5-15,21-22H,1-4H3,(H,25,30)/t21-,22+/m0/s1. The summed E-state index contributed by atoms with van der Waals surface area (Å²) >= 11 is 5.83. The van der Waals surface area contributed by atoms with E-state index in [0.717, 1.165) is 28.6 Å². The predicted molar refractivity (Wildman–Crippen MR) is 122 cm³/mol. The highest BCUT2D eigenvalue weighted by molar-refractivity contribution is 7.80.